The van der Waals surface area contributed by atoms with Crippen molar-refractivity contribution in [3.8, 4) is 0 Å². The van der Waals surface area contributed by atoms with Crippen LogP contribution in [0.5, 0.6) is 0 Å². The van der Waals surface area contributed by atoms with Gasteiger partial charge in [0.15, 0.2) is 0 Å². The Morgan fingerprint density at radius 3 is 2.44 bits per heavy atom. The van der Waals surface area contributed by atoms with Crippen LogP contribution >= 0.6 is 0 Å². The first-order valence-electron chi connectivity index (χ1n) is 13.2. The maximum atomic E-state index is 10.8. The maximum absolute atomic E-state index is 10.8. The molecule has 3 heterocycles. The van der Waals surface area contributed by atoms with E-state index in [1.54, 1.807) is 13.3 Å². The predicted molar refractivity (Wildman–Crippen MR) is 156 cm³/mol. The first-order chi connectivity index (χ1) is 18.1. The van der Waals surface area contributed by atoms with Crippen LogP contribution in [-0.4, -0.2) is 34.2 Å². The van der Waals surface area contributed by atoms with E-state index in [4.69, 9.17) is 15.5 Å². The van der Waals surface area contributed by atoms with Crippen molar-refractivity contribution in [1.82, 2.24) is 9.88 Å². The molecule has 0 amide bonds. The van der Waals surface area contributed by atoms with Crippen molar-refractivity contribution in [2.45, 2.75) is 73.5 Å². The van der Waals surface area contributed by atoms with E-state index in [9.17, 15) is 9.90 Å². The third-order valence-corrected chi connectivity index (χ3v) is 7.27. The third kappa shape index (κ3) is 6.89. The van der Waals surface area contributed by atoms with E-state index in [0.29, 0.717) is 18.7 Å². The quantitative estimate of drug-likeness (QED) is 0.336. The second kappa shape index (κ2) is 14.7. The smallest absolute Gasteiger partial charge is 0.463 e. The van der Waals surface area contributed by atoms with E-state index < -0.39 is 6.10 Å². The SMILES string of the molecule is C=C(N)[CH-]C.C=C1C(COC=O)=C(C(C)O)C=C2c3nc4cc(C)c(C)c5c4c(c3CN12)CCC5.C[CH-]C.[K+]. The van der Waals surface area contributed by atoms with Gasteiger partial charge in [0.05, 0.1) is 29.6 Å². The summed E-state index contributed by atoms with van der Waals surface area (Å²) in [4.78, 5) is 18.0. The van der Waals surface area contributed by atoms with Crippen molar-refractivity contribution in [3.63, 3.8) is 0 Å². The number of aromatic nitrogens is 1. The van der Waals surface area contributed by atoms with Crippen molar-refractivity contribution < 1.29 is 66.0 Å². The number of hydrogen-bond donors (Lipinski definition) is 2. The maximum Gasteiger partial charge on any atom is 1.00 e. The molecule has 0 saturated heterocycles. The Balaban J connectivity index is 0.000000527. The monoisotopic (exact) mass is 554 g/mol. The number of benzene rings is 1. The van der Waals surface area contributed by atoms with Gasteiger partial charge in [0.1, 0.15) is 6.61 Å². The fourth-order valence-corrected chi connectivity index (χ4v) is 5.26. The number of nitrogens with zero attached hydrogens (tertiary/aromatic N) is 2. The van der Waals surface area contributed by atoms with Crippen LogP contribution in [0.15, 0.2) is 47.8 Å². The Bertz CT molecular complexity index is 1320. The molecular formula is C32H41KN3O3-. The third-order valence-electron chi connectivity index (χ3n) is 7.27. The fourth-order valence-electron chi connectivity index (χ4n) is 5.26. The Morgan fingerprint density at radius 1 is 1.26 bits per heavy atom. The number of aryl methyl sites for hydroxylation is 3. The number of carbonyl (C=O) groups is 1. The van der Waals surface area contributed by atoms with E-state index in [-0.39, 0.29) is 58.0 Å². The molecule has 1 aliphatic carbocycles. The van der Waals surface area contributed by atoms with Crippen molar-refractivity contribution in [3.05, 3.63) is 94.2 Å². The number of fused-ring (bicyclic) bond motifs is 4. The van der Waals surface area contributed by atoms with Crippen LogP contribution in [0.2, 0.25) is 0 Å². The summed E-state index contributed by atoms with van der Waals surface area (Å²) in [5, 5.41) is 11.7. The van der Waals surface area contributed by atoms with Gasteiger partial charge in [-0.05, 0) is 80.0 Å². The molecule has 204 valence electrons. The molecule has 7 heteroatoms. The van der Waals surface area contributed by atoms with E-state index in [2.05, 4.69) is 38.0 Å². The molecule has 3 aliphatic rings. The molecule has 5 rings (SSSR count). The molecule has 0 bridgehead atoms. The van der Waals surface area contributed by atoms with Crippen LogP contribution in [0, 0.1) is 26.7 Å². The zero-order valence-electron chi connectivity index (χ0n) is 24.6. The van der Waals surface area contributed by atoms with E-state index in [1.165, 1.54) is 33.2 Å². The molecule has 0 fully saturated rings. The molecule has 2 aliphatic heterocycles. The summed E-state index contributed by atoms with van der Waals surface area (Å²) in [5.74, 6) is 0. The topological polar surface area (TPSA) is 88.7 Å². The van der Waals surface area contributed by atoms with Crippen molar-refractivity contribution in [1.29, 1.82) is 0 Å². The molecule has 0 spiro atoms. The molecule has 1 aromatic carbocycles. The Labute approximate surface area is 276 Å². The summed E-state index contributed by atoms with van der Waals surface area (Å²) in [5.41, 5.74) is 17.8. The van der Waals surface area contributed by atoms with Gasteiger partial charge in [0, 0.05) is 22.2 Å². The van der Waals surface area contributed by atoms with Gasteiger partial charge in [-0.15, -0.1) is 12.6 Å². The summed E-state index contributed by atoms with van der Waals surface area (Å²) in [7, 11) is 0. The van der Waals surface area contributed by atoms with Crippen molar-refractivity contribution >= 4 is 23.1 Å². The summed E-state index contributed by atoms with van der Waals surface area (Å²) in [6.07, 6.45) is 8.37. The van der Waals surface area contributed by atoms with E-state index in [0.717, 1.165) is 53.0 Å². The molecule has 2 aromatic rings. The largest absolute Gasteiger partial charge is 1.00 e. The zero-order chi connectivity index (χ0) is 28.1. The predicted octanol–water partition coefficient (Wildman–Crippen LogP) is 2.79. The minimum Gasteiger partial charge on any atom is -0.463 e. The molecule has 6 nitrogen and oxygen atoms in total. The number of allylic oxidation sites excluding steroid dienone is 1. The molecule has 1 atom stereocenters. The molecule has 0 radical (unpaired) electrons. The van der Waals surface area contributed by atoms with Gasteiger partial charge in [-0.3, -0.25) is 4.79 Å². The Kier molecular flexibility index (Phi) is 12.5. The van der Waals surface area contributed by atoms with Crippen LogP contribution in [-0.2, 0) is 28.9 Å². The van der Waals surface area contributed by atoms with Crippen molar-refractivity contribution in [2.75, 3.05) is 6.61 Å². The number of carbonyl (C=O) groups excluding carboxylic acids is 1. The fraction of sp³-hybridized carbons (Fsp3) is 0.375. The summed E-state index contributed by atoms with van der Waals surface area (Å²) >= 11 is 0. The molecule has 1 aromatic heterocycles. The number of nitrogens with two attached hydrogens (primary N) is 1. The molecule has 1 unspecified atom stereocenters. The molecule has 0 saturated carbocycles. The molecule has 3 N–H and O–H groups in total. The van der Waals surface area contributed by atoms with E-state index >= 15 is 0 Å². The molecule has 39 heavy (non-hydrogen) atoms. The second-order valence-electron chi connectivity index (χ2n) is 9.98. The second-order valence-corrected chi connectivity index (χ2v) is 9.98. The van der Waals surface area contributed by atoms with Gasteiger partial charge in [-0.25, -0.2) is 18.0 Å². The first kappa shape index (κ1) is 33.3. The summed E-state index contributed by atoms with van der Waals surface area (Å²) in [6, 6.07) is 2.21. The van der Waals surface area contributed by atoms with Gasteiger partial charge in [0.2, 0.25) is 0 Å². The van der Waals surface area contributed by atoms with Crippen LogP contribution in [0.25, 0.3) is 16.6 Å². The Morgan fingerprint density at radius 2 is 1.87 bits per heavy atom. The summed E-state index contributed by atoms with van der Waals surface area (Å²) in [6.45, 7) is 20.9. The van der Waals surface area contributed by atoms with Gasteiger partial charge < -0.3 is 26.9 Å². The summed E-state index contributed by atoms with van der Waals surface area (Å²) < 4.78 is 5.03. The van der Waals surface area contributed by atoms with Gasteiger partial charge in [0.25, 0.3) is 6.47 Å². The molecular weight excluding hydrogens is 513 g/mol. The van der Waals surface area contributed by atoms with Crippen molar-refractivity contribution in [2.24, 2.45) is 5.73 Å². The van der Waals surface area contributed by atoms with Gasteiger partial charge in [-0.2, -0.15) is 13.8 Å². The van der Waals surface area contributed by atoms with Crippen LogP contribution < -0.4 is 57.1 Å². The van der Waals surface area contributed by atoms with Crippen LogP contribution in [0.3, 0.4) is 0 Å². The van der Waals surface area contributed by atoms with Gasteiger partial charge in [-0.1, -0.05) is 6.58 Å². The number of ether oxygens (including phenoxy) is 1. The zero-order valence-corrected chi connectivity index (χ0v) is 27.8. The number of hydrogen-bond acceptors (Lipinski definition) is 6. The minimum absolute atomic E-state index is 0. The number of rotatable bonds is 5. The first-order valence-corrected chi connectivity index (χ1v) is 13.2. The van der Waals surface area contributed by atoms with Gasteiger partial charge >= 0.3 is 51.4 Å². The average Bonchev–Trinajstić information content (AvgIpc) is 3.26. The minimum atomic E-state index is -0.694. The average molecular weight is 555 g/mol. The van der Waals surface area contributed by atoms with Crippen LogP contribution in [0.4, 0.5) is 0 Å². The Hall–Kier alpha value is -1.87. The normalized spacial score (nSPS) is 15.4. The van der Waals surface area contributed by atoms with E-state index in [1.807, 2.05) is 33.3 Å². The standard InChI is InChI=1S/C25H26N2O3.C4H8N.C3H7.K/c1-13-8-22-24-17(14(13)2)6-5-7-18(24)20-10-27-15(3)21(11-30-12-28)19(16(4)29)9-23(27)25(20)26-22;1-3-4(2)5;1-3-2;/h8-9,12,16,29H,3,5-7,10-11H2,1-2,4H3;3H,2,5H2,1H3;3H,1-2H3;/q;2*-1;+1. The number of pyridine rings is 1. The van der Waals surface area contributed by atoms with Crippen LogP contribution in [0.1, 0.15) is 67.6 Å². The number of aliphatic hydroxyl groups excluding tert-OH is 1. The number of aliphatic hydroxyl groups is 1.